The van der Waals surface area contributed by atoms with E-state index in [-0.39, 0.29) is 12.0 Å². The summed E-state index contributed by atoms with van der Waals surface area (Å²) in [5, 5.41) is 3.27. The Hall–Kier alpha value is -0.470. The van der Waals surface area contributed by atoms with Crippen molar-refractivity contribution in [1.29, 1.82) is 0 Å². The third-order valence-corrected chi connectivity index (χ3v) is 6.15. The van der Waals surface area contributed by atoms with Crippen LogP contribution in [0.15, 0.2) is 16.3 Å². The lowest BCUT2D eigenvalue weighted by Gasteiger charge is -2.20. The summed E-state index contributed by atoms with van der Waals surface area (Å²) in [6, 6.07) is 3.31. The summed E-state index contributed by atoms with van der Waals surface area (Å²) < 4.78 is 32.9. The minimum atomic E-state index is -3.48. The fraction of sp³-hybridized carbons (Fsp3) is 0.714. The highest BCUT2D eigenvalue weighted by Crippen LogP contribution is 2.22. The van der Waals surface area contributed by atoms with E-state index in [4.69, 9.17) is 4.74 Å². The van der Waals surface area contributed by atoms with Crippen molar-refractivity contribution in [2.75, 3.05) is 20.3 Å². The predicted molar refractivity (Wildman–Crippen MR) is 87.1 cm³/mol. The highest BCUT2D eigenvalue weighted by atomic mass is 32.2. The zero-order chi connectivity index (χ0) is 15.9. The van der Waals surface area contributed by atoms with Crippen LogP contribution in [-0.2, 0) is 21.3 Å². The van der Waals surface area contributed by atoms with Gasteiger partial charge in [-0.2, -0.15) is 0 Å². The zero-order valence-electron chi connectivity index (χ0n) is 13.2. The molecular formula is C14H26N2O3S2. The first-order valence-electron chi connectivity index (χ1n) is 7.21. The number of hydrogen-bond donors (Lipinski definition) is 2. The fourth-order valence-electron chi connectivity index (χ4n) is 1.79. The number of rotatable bonds is 10. The molecule has 2 N–H and O–H groups in total. The van der Waals surface area contributed by atoms with Gasteiger partial charge in [-0.3, -0.25) is 0 Å². The first-order chi connectivity index (χ1) is 9.90. The Balaban J connectivity index is 2.73. The van der Waals surface area contributed by atoms with Gasteiger partial charge in [0.15, 0.2) is 0 Å². The molecule has 1 rings (SSSR count). The van der Waals surface area contributed by atoms with E-state index < -0.39 is 10.0 Å². The Morgan fingerprint density at radius 3 is 2.62 bits per heavy atom. The smallest absolute Gasteiger partial charge is 0.250 e. The molecule has 0 fully saturated rings. The number of methoxy groups -OCH3 is 1. The van der Waals surface area contributed by atoms with Crippen LogP contribution in [0.2, 0.25) is 0 Å². The molecule has 0 amide bonds. The minimum absolute atomic E-state index is 0.172. The van der Waals surface area contributed by atoms with Crippen molar-refractivity contribution < 1.29 is 13.2 Å². The maximum absolute atomic E-state index is 12.4. The van der Waals surface area contributed by atoms with Crippen molar-refractivity contribution >= 4 is 21.4 Å². The maximum atomic E-state index is 12.4. The van der Waals surface area contributed by atoms with Crippen molar-refractivity contribution in [3.05, 3.63) is 17.0 Å². The monoisotopic (exact) mass is 334 g/mol. The number of sulfonamides is 1. The number of nitrogens with one attached hydrogen (secondary N) is 2. The Morgan fingerprint density at radius 1 is 1.33 bits per heavy atom. The molecule has 7 heteroatoms. The van der Waals surface area contributed by atoms with E-state index in [1.165, 1.54) is 11.3 Å². The predicted octanol–water partition coefficient (Wildman–Crippen LogP) is 2.20. The summed E-state index contributed by atoms with van der Waals surface area (Å²) in [6.07, 6.45) is 1.06. The summed E-state index contributed by atoms with van der Waals surface area (Å²) in [7, 11) is -1.90. The first-order valence-corrected chi connectivity index (χ1v) is 9.51. The number of thiophene rings is 1. The quantitative estimate of drug-likeness (QED) is 0.644. The van der Waals surface area contributed by atoms with Crippen LogP contribution in [0.5, 0.6) is 0 Å². The van der Waals surface area contributed by atoms with Crippen LogP contribution in [-0.4, -0.2) is 34.7 Å². The fourth-order valence-corrected chi connectivity index (χ4v) is 4.50. The molecule has 1 aromatic heterocycles. The van der Waals surface area contributed by atoms with Crippen LogP contribution < -0.4 is 10.0 Å². The van der Waals surface area contributed by atoms with Gasteiger partial charge in [-0.1, -0.05) is 20.8 Å². The summed E-state index contributed by atoms with van der Waals surface area (Å²) in [5.41, 5.74) is 0. The maximum Gasteiger partial charge on any atom is 0.250 e. The van der Waals surface area contributed by atoms with E-state index >= 15 is 0 Å². The lowest BCUT2D eigenvalue weighted by molar-refractivity contribution is 0.157. The molecule has 21 heavy (non-hydrogen) atoms. The third-order valence-electron chi connectivity index (χ3n) is 3.09. The Morgan fingerprint density at radius 2 is 2.05 bits per heavy atom. The van der Waals surface area contributed by atoms with Gasteiger partial charge in [-0.05, 0) is 31.0 Å². The molecule has 1 heterocycles. The number of ether oxygens (including phenoxy) is 1. The van der Waals surface area contributed by atoms with Gasteiger partial charge in [0.25, 0.3) is 0 Å². The first kappa shape index (κ1) is 18.6. The van der Waals surface area contributed by atoms with E-state index in [0.29, 0.717) is 17.4 Å². The lowest BCUT2D eigenvalue weighted by Crippen LogP contribution is -2.41. The van der Waals surface area contributed by atoms with Gasteiger partial charge in [-0.25, -0.2) is 13.1 Å². The van der Waals surface area contributed by atoms with Gasteiger partial charge in [-0.15, -0.1) is 11.3 Å². The van der Waals surface area contributed by atoms with Gasteiger partial charge in [0.1, 0.15) is 4.21 Å². The molecule has 1 aromatic rings. The molecule has 1 atom stereocenters. The lowest BCUT2D eigenvalue weighted by atomic mass is 10.1. The number of hydrogen-bond acceptors (Lipinski definition) is 5. The van der Waals surface area contributed by atoms with Crippen LogP contribution in [0.25, 0.3) is 0 Å². The normalized spacial score (nSPS) is 13.8. The zero-order valence-corrected chi connectivity index (χ0v) is 14.8. The van der Waals surface area contributed by atoms with Crippen molar-refractivity contribution in [3.8, 4) is 0 Å². The second-order valence-electron chi connectivity index (χ2n) is 5.32. The van der Waals surface area contributed by atoms with Crippen LogP contribution in [0.1, 0.15) is 32.1 Å². The standard InChI is InChI=1S/C14H26N2O3S2/c1-5-8-15-9-12-6-7-14(20-12)21(17,18)16-13(10-19-4)11(2)3/h6-7,11,13,15-16H,5,8-10H2,1-4H3. The molecule has 0 aliphatic rings. The summed E-state index contributed by atoms with van der Waals surface area (Å²) in [5.74, 6) is 0.172. The molecule has 0 aliphatic heterocycles. The molecule has 0 aliphatic carbocycles. The molecular weight excluding hydrogens is 308 g/mol. The van der Waals surface area contributed by atoms with Gasteiger partial charge >= 0.3 is 0 Å². The average molecular weight is 335 g/mol. The van der Waals surface area contributed by atoms with Gasteiger partial charge < -0.3 is 10.1 Å². The SMILES string of the molecule is CCCNCc1ccc(S(=O)(=O)NC(COC)C(C)C)s1. The Kier molecular flexibility index (Phi) is 7.83. The van der Waals surface area contributed by atoms with E-state index in [1.807, 2.05) is 19.9 Å². The highest BCUT2D eigenvalue weighted by Gasteiger charge is 2.23. The third kappa shape index (κ3) is 6.04. The van der Waals surface area contributed by atoms with Gasteiger partial charge in [0.05, 0.1) is 6.61 Å². The van der Waals surface area contributed by atoms with Crippen LogP contribution >= 0.6 is 11.3 Å². The Bertz CT molecular complexity index is 512. The molecule has 122 valence electrons. The van der Waals surface area contributed by atoms with Crippen LogP contribution in [0, 0.1) is 5.92 Å². The molecule has 0 saturated carbocycles. The Labute approximate surface area is 132 Å². The van der Waals surface area contributed by atoms with E-state index in [2.05, 4.69) is 17.0 Å². The second-order valence-corrected chi connectivity index (χ2v) is 8.43. The molecule has 0 bridgehead atoms. The minimum Gasteiger partial charge on any atom is -0.383 e. The van der Waals surface area contributed by atoms with Crippen LogP contribution in [0.4, 0.5) is 0 Å². The molecule has 1 unspecified atom stereocenters. The summed E-state index contributed by atoms with van der Waals surface area (Å²) in [6.45, 7) is 8.05. The van der Waals surface area contributed by atoms with Crippen molar-refractivity contribution in [1.82, 2.24) is 10.0 Å². The highest BCUT2D eigenvalue weighted by molar-refractivity contribution is 7.91. The van der Waals surface area contributed by atoms with Crippen molar-refractivity contribution in [3.63, 3.8) is 0 Å². The van der Waals surface area contributed by atoms with Crippen LogP contribution in [0.3, 0.4) is 0 Å². The van der Waals surface area contributed by atoms with Crippen molar-refractivity contribution in [2.45, 2.75) is 44.0 Å². The van der Waals surface area contributed by atoms with Crippen molar-refractivity contribution in [2.24, 2.45) is 5.92 Å². The average Bonchev–Trinajstić information content (AvgIpc) is 2.88. The molecule has 0 radical (unpaired) electrons. The molecule has 0 saturated heterocycles. The summed E-state index contributed by atoms with van der Waals surface area (Å²) in [4.78, 5) is 1.02. The van der Waals surface area contributed by atoms with E-state index in [9.17, 15) is 8.42 Å². The molecule has 5 nitrogen and oxygen atoms in total. The summed E-state index contributed by atoms with van der Waals surface area (Å²) >= 11 is 1.31. The molecule has 0 spiro atoms. The van der Waals surface area contributed by atoms with E-state index in [0.717, 1.165) is 17.8 Å². The largest absolute Gasteiger partial charge is 0.383 e. The van der Waals surface area contributed by atoms with E-state index in [1.54, 1.807) is 13.2 Å². The second kappa shape index (κ2) is 8.85. The van der Waals surface area contributed by atoms with Gasteiger partial charge in [0, 0.05) is 24.6 Å². The van der Waals surface area contributed by atoms with Gasteiger partial charge in [0.2, 0.25) is 10.0 Å². The topological polar surface area (TPSA) is 67.4 Å². The molecule has 0 aromatic carbocycles.